The van der Waals surface area contributed by atoms with Crippen LogP contribution in [0.3, 0.4) is 0 Å². The van der Waals surface area contributed by atoms with Gasteiger partial charge in [0.25, 0.3) is 0 Å². The number of nitrogens with zero attached hydrogens (tertiary/aromatic N) is 1. The molecule has 0 bridgehead atoms. The molecule has 2 amide bonds. The molecule has 6 heteroatoms. The number of urea groups is 1. The lowest BCUT2D eigenvalue weighted by molar-refractivity contribution is -0.141. The summed E-state index contributed by atoms with van der Waals surface area (Å²) in [5.41, 5.74) is 4.11. The van der Waals surface area contributed by atoms with Crippen LogP contribution in [0.15, 0.2) is 48.5 Å². The van der Waals surface area contributed by atoms with Gasteiger partial charge < -0.3 is 15.2 Å². The van der Waals surface area contributed by atoms with Crippen LogP contribution in [0.4, 0.5) is 16.2 Å². The molecule has 1 aliphatic carbocycles. The summed E-state index contributed by atoms with van der Waals surface area (Å²) in [6, 6.07) is 16.2. The second-order valence-electron chi connectivity index (χ2n) is 8.03. The first-order valence-electron chi connectivity index (χ1n) is 10.8. The van der Waals surface area contributed by atoms with Gasteiger partial charge in [0.15, 0.2) is 0 Å². The Morgan fingerprint density at radius 1 is 1.00 bits per heavy atom. The number of nitrogens with one attached hydrogen (secondary N) is 1. The number of carbonyl (C=O) groups excluding carboxylic acids is 1. The van der Waals surface area contributed by atoms with Crippen LogP contribution in [0.25, 0.3) is 0 Å². The van der Waals surface area contributed by atoms with Gasteiger partial charge in [-0.25, -0.2) is 9.59 Å². The number of hydrogen-bond donors (Lipinski definition) is 2. The summed E-state index contributed by atoms with van der Waals surface area (Å²) in [6.07, 6.45) is 6.38. The fourth-order valence-electron chi connectivity index (χ4n) is 3.74. The minimum Gasteiger partial charge on any atom is -0.480 e. The van der Waals surface area contributed by atoms with Crippen molar-refractivity contribution < 1.29 is 19.4 Å². The summed E-state index contributed by atoms with van der Waals surface area (Å²) < 4.78 is 4.20. The Morgan fingerprint density at radius 2 is 1.55 bits per heavy atom. The molecule has 0 heterocycles. The molecule has 0 aliphatic heterocycles. The van der Waals surface area contributed by atoms with Gasteiger partial charge in [0, 0.05) is 13.7 Å². The highest BCUT2D eigenvalue weighted by atomic mass is 16.5. The normalized spacial score (nSPS) is 13.6. The summed E-state index contributed by atoms with van der Waals surface area (Å²) in [5, 5.41) is 11.0. The molecule has 0 unspecified atom stereocenters. The second-order valence-corrected chi connectivity index (χ2v) is 8.03. The lowest BCUT2D eigenvalue weighted by atomic mass is 9.89. The number of ether oxygens (including phenoxy) is 1. The van der Waals surface area contributed by atoms with Crippen LogP contribution in [0.2, 0.25) is 0 Å². The van der Waals surface area contributed by atoms with Gasteiger partial charge in [-0.1, -0.05) is 43.5 Å². The third-order valence-corrected chi connectivity index (χ3v) is 5.26. The van der Waals surface area contributed by atoms with Gasteiger partial charge in [0.2, 0.25) is 0 Å². The lowest BCUT2D eigenvalue weighted by Crippen LogP contribution is -2.39. The Kier molecular flexibility index (Phi) is 10.0. The molecule has 3 rings (SSSR count). The van der Waals surface area contributed by atoms with Gasteiger partial charge in [0.1, 0.15) is 6.61 Å². The van der Waals surface area contributed by atoms with Crippen LogP contribution in [0, 0.1) is 19.8 Å². The first-order valence-corrected chi connectivity index (χ1v) is 10.8. The van der Waals surface area contributed by atoms with Crippen molar-refractivity contribution in [2.75, 3.05) is 25.2 Å². The summed E-state index contributed by atoms with van der Waals surface area (Å²) in [6.45, 7) is 4.67. The van der Waals surface area contributed by atoms with Crippen molar-refractivity contribution in [1.29, 1.82) is 0 Å². The number of aryl methyl sites for hydroxylation is 2. The lowest BCUT2D eigenvalue weighted by Gasteiger charge is -2.27. The minimum atomic E-state index is -0.933. The average molecular weight is 427 g/mol. The molecule has 0 saturated heterocycles. The quantitative estimate of drug-likeness (QED) is 0.644. The minimum absolute atomic E-state index is 0.0400. The van der Waals surface area contributed by atoms with E-state index in [4.69, 9.17) is 5.11 Å². The topological polar surface area (TPSA) is 78.9 Å². The summed E-state index contributed by atoms with van der Waals surface area (Å²) >= 11 is 0. The number of rotatable bonds is 6. The molecule has 2 N–H and O–H groups in total. The van der Waals surface area contributed by atoms with Crippen molar-refractivity contribution in [1.82, 2.24) is 5.32 Å². The van der Waals surface area contributed by atoms with E-state index in [-0.39, 0.29) is 12.6 Å². The number of carboxylic acid groups (broad SMARTS) is 1. The zero-order chi connectivity index (χ0) is 22.6. The predicted octanol–water partition coefficient (Wildman–Crippen LogP) is 5.45. The largest absolute Gasteiger partial charge is 0.480 e. The Hall–Kier alpha value is -2.86. The highest BCUT2D eigenvalue weighted by Crippen LogP contribution is 2.28. The van der Waals surface area contributed by atoms with Crippen molar-refractivity contribution in [2.24, 2.45) is 5.92 Å². The second kappa shape index (κ2) is 12.7. The molecule has 2 aromatic rings. The smallest absolute Gasteiger partial charge is 0.329 e. The first kappa shape index (κ1) is 24.4. The van der Waals surface area contributed by atoms with Gasteiger partial charge in [-0.05, 0) is 68.0 Å². The maximum Gasteiger partial charge on any atom is 0.329 e. The van der Waals surface area contributed by atoms with Gasteiger partial charge in [0.05, 0.1) is 11.4 Å². The maximum atomic E-state index is 13.0. The van der Waals surface area contributed by atoms with Crippen LogP contribution < -0.4 is 10.2 Å². The zero-order valence-corrected chi connectivity index (χ0v) is 18.8. The zero-order valence-electron chi connectivity index (χ0n) is 18.8. The van der Waals surface area contributed by atoms with Crippen LogP contribution in [-0.2, 0) is 9.53 Å². The van der Waals surface area contributed by atoms with Gasteiger partial charge >= 0.3 is 12.0 Å². The van der Waals surface area contributed by atoms with Crippen molar-refractivity contribution in [3.8, 4) is 0 Å². The predicted molar refractivity (Wildman–Crippen MR) is 124 cm³/mol. The molecule has 1 aliphatic rings. The van der Waals surface area contributed by atoms with E-state index in [1.54, 1.807) is 4.90 Å². The standard InChI is InChI=1S/C22H28N2O.C3H6O3/c1-17-8-6-12-20(14-17)24(21-13-7-9-18(2)15-21)22(25)23-16-19-10-4-3-5-11-19;1-6-2-3(4)5/h6-9,12-15,19H,3-5,10-11,16H2,1-2H3,(H,23,25);2H2,1H3,(H,4,5). The molecule has 1 fully saturated rings. The number of carboxylic acids is 1. The van der Waals surface area contributed by atoms with Crippen molar-refractivity contribution >= 4 is 23.4 Å². The van der Waals surface area contributed by atoms with E-state index in [1.165, 1.54) is 39.2 Å². The first-order chi connectivity index (χ1) is 14.9. The molecule has 6 nitrogen and oxygen atoms in total. The number of carbonyl (C=O) groups is 2. The Labute approximate surface area is 185 Å². The highest BCUT2D eigenvalue weighted by molar-refractivity contribution is 5.99. The van der Waals surface area contributed by atoms with Crippen LogP contribution >= 0.6 is 0 Å². The van der Waals surface area contributed by atoms with Crippen LogP contribution in [0.1, 0.15) is 43.2 Å². The molecule has 0 atom stereocenters. The monoisotopic (exact) mass is 426 g/mol. The Bertz CT molecular complexity index is 801. The fraction of sp³-hybridized carbons (Fsp3) is 0.440. The van der Waals surface area contributed by atoms with E-state index in [1.807, 2.05) is 24.3 Å². The molecule has 0 spiro atoms. The summed E-state index contributed by atoms with van der Waals surface area (Å²) in [7, 11) is 1.34. The SMILES string of the molecule is COCC(=O)O.Cc1cccc(N(C(=O)NCC2CCCCC2)c2cccc(C)c2)c1. The number of aliphatic carboxylic acids is 1. The molecule has 168 valence electrons. The molecule has 31 heavy (non-hydrogen) atoms. The number of anilines is 2. The highest BCUT2D eigenvalue weighted by Gasteiger charge is 2.20. The number of amides is 2. The summed E-state index contributed by atoms with van der Waals surface area (Å²) in [4.78, 5) is 24.3. The molecule has 2 aromatic carbocycles. The number of benzene rings is 2. The van der Waals surface area contributed by atoms with Crippen molar-refractivity contribution in [3.05, 3.63) is 59.7 Å². The van der Waals surface area contributed by atoms with Crippen LogP contribution in [0.5, 0.6) is 0 Å². The van der Waals surface area contributed by atoms with E-state index < -0.39 is 5.97 Å². The Balaban J connectivity index is 0.000000501. The van der Waals surface area contributed by atoms with E-state index in [0.717, 1.165) is 29.0 Å². The van der Waals surface area contributed by atoms with Crippen molar-refractivity contribution in [3.63, 3.8) is 0 Å². The third kappa shape index (κ3) is 8.42. The fourth-order valence-corrected chi connectivity index (χ4v) is 3.74. The molecular weight excluding hydrogens is 392 g/mol. The summed E-state index contributed by atoms with van der Waals surface area (Å²) in [5.74, 6) is -0.313. The van der Waals surface area contributed by atoms with E-state index in [9.17, 15) is 9.59 Å². The van der Waals surface area contributed by atoms with Crippen molar-refractivity contribution in [2.45, 2.75) is 46.0 Å². The average Bonchev–Trinajstić information content (AvgIpc) is 2.74. The number of methoxy groups -OCH3 is 1. The van der Waals surface area contributed by atoms with Gasteiger partial charge in [-0.15, -0.1) is 0 Å². The van der Waals surface area contributed by atoms with E-state index >= 15 is 0 Å². The van der Waals surface area contributed by atoms with Gasteiger partial charge in [-0.3, -0.25) is 4.90 Å². The van der Waals surface area contributed by atoms with Gasteiger partial charge in [-0.2, -0.15) is 0 Å². The van der Waals surface area contributed by atoms with Crippen LogP contribution in [-0.4, -0.2) is 37.4 Å². The molecular formula is C25H34N2O4. The molecule has 1 saturated carbocycles. The molecule has 0 radical (unpaired) electrons. The van der Waals surface area contributed by atoms with E-state index in [0.29, 0.717) is 5.92 Å². The maximum absolute atomic E-state index is 13.0. The Morgan fingerprint density at radius 3 is 1.97 bits per heavy atom. The van der Waals surface area contributed by atoms with E-state index in [2.05, 4.69) is 48.2 Å². The number of hydrogen-bond acceptors (Lipinski definition) is 3. The third-order valence-electron chi connectivity index (χ3n) is 5.26. The molecule has 0 aromatic heterocycles.